The molecule has 0 spiro atoms. The van der Waals surface area contributed by atoms with Crippen LogP contribution in [0.4, 0.5) is 5.69 Å². The Morgan fingerprint density at radius 1 is 1.40 bits per heavy atom. The minimum Gasteiger partial charge on any atom is -0.384 e. The average molecular weight is 202 g/mol. The van der Waals surface area contributed by atoms with E-state index in [2.05, 4.69) is 20.3 Å². The van der Waals surface area contributed by atoms with Gasteiger partial charge in [-0.25, -0.2) is 4.98 Å². The molecule has 0 amide bonds. The molecule has 0 aliphatic heterocycles. The summed E-state index contributed by atoms with van der Waals surface area (Å²) in [5.74, 6) is 1.01. The summed E-state index contributed by atoms with van der Waals surface area (Å²) in [6.07, 6.45) is 8.16. The monoisotopic (exact) mass is 202 g/mol. The zero-order valence-corrected chi connectivity index (χ0v) is 8.70. The molecule has 15 heavy (non-hydrogen) atoms. The largest absolute Gasteiger partial charge is 0.384 e. The summed E-state index contributed by atoms with van der Waals surface area (Å²) in [6.45, 7) is 2.92. The van der Waals surface area contributed by atoms with Crippen molar-refractivity contribution in [3.05, 3.63) is 42.2 Å². The summed E-state index contributed by atoms with van der Waals surface area (Å²) < 4.78 is 0. The topological polar surface area (TPSA) is 53.6 Å². The Morgan fingerprint density at radius 2 is 2.33 bits per heavy atom. The zero-order valence-electron chi connectivity index (χ0n) is 8.70. The molecular weight excluding hydrogens is 188 g/mol. The number of aryl methyl sites for hydroxylation is 1. The van der Waals surface area contributed by atoms with Crippen LogP contribution in [0.25, 0.3) is 0 Å². The van der Waals surface area contributed by atoms with Crippen molar-refractivity contribution in [1.82, 2.24) is 15.0 Å². The summed E-state index contributed by atoms with van der Waals surface area (Å²) in [4.78, 5) is 11.3. The fraction of sp³-hybridized carbons (Fsp3) is 0.273. The van der Waals surface area contributed by atoms with Crippen LogP contribution in [0.1, 0.15) is 11.4 Å². The van der Waals surface area contributed by atoms with E-state index in [1.54, 1.807) is 12.4 Å². The van der Waals surface area contributed by atoms with Gasteiger partial charge in [0.25, 0.3) is 0 Å². The van der Waals surface area contributed by atoms with Crippen LogP contribution in [0.2, 0.25) is 0 Å². The molecule has 0 saturated heterocycles. The van der Waals surface area contributed by atoms with Gasteiger partial charge < -0.3 is 10.3 Å². The highest BCUT2D eigenvalue weighted by molar-refractivity contribution is 5.48. The number of H-pyrrole nitrogens is 1. The SMILES string of the molecule is Cc1cnccc1NCCc1ncc[nH]1. The van der Waals surface area contributed by atoms with Gasteiger partial charge in [0.15, 0.2) is 0 Å². The van der Waals surface area contributed by atoms with Crippen LogP contribution >= 0.6 is 0 Å². The summed E-state index contributed by atoms with van der Waals surface area (Å²) in [6, 6.07) is 1.98. The zero-order chi connectivity index (χ0) is 10.5. The van der Waals surface area contributed by atoms with Gasteiger partial charge in [-0.3, -0.25) is 4.98 Å². The Labute approximate surface area is 88.8 Å². The van der Waals surface area contributed by atoms with Crippen LogP contribution in [0.15, 0.2) is 30.9 Å². The number of nitrogens with zero attached hydrogens (tertiary/aromatic N) is 2. The number of hydrogen-bond donors (Lipinski definition) is 2. The van der Waals surface area contributed by atoms with E-state index in [9.17, 15) is 0 Å². The minimum atomic E-state index is 0.873. The predicted octanol–water partition coefficient (Wildman–Crippen LogP) is 1.77. The van der Waals surface area contributed by atoms with E-state index in [0.29, 0.717) is 0 Å². The molecule has 4 nitrogen and oxygen atoms in total. The number of hydrogen-bond acceptors (Lipinski definition) is 3. The van der Waals surface area contributed by atoms with Crippen LogP contribution in [-0.2, 0) is 6.42 Å². The fourth-order valence-corrected chi connectivity index (χ4v) is 1.42. The Morgan fingerprint density at radius 3 is 3.07 bits per heavy atom. The van der Waals surface area contributed by atoms with Crippen LogP contribution in [0.5, 0.6) is 0 Å². The second kappa shape index (κ2) is 4.59. The Balaban J connectivity index is 1.86. The van der Waals surface area contributed by atoms with Crippen LogP contribution in [0, 0.1) is 6.92 Å². The summed E-state index contributed by atoms with van der Waals surface area (Å²) in [7, 11) is 0. The molecule has 0 aromatic carbocycles. The van der Waals surface area contributed by atoms with Gasteiger partial charge in [0.2, 0.25) is 0 Å². The summed E-state index contributed by atoms with van der Waals surface area (Å²) in [5, 5.41) is 3.35. The maximum Gasteiger partial charge on any atom is 0.107 e. The van der Waals surface area contributed by atoms with Crippen LogP contribution in [0.3, 0.4) is 0 Å². The van der Waals surface area contributed by atoms with E-state index >= 15 is 0 Å². The number of nitrogens with one attached hydrogen (secondary N) is 2. The predicted molar refractivity (Wildman–Crippen MR) is 59.8 cm³/mol. The van der Waals surface area contributed by atoms with Crippen molar-refractivity contribution in [2.45, 2.75) is 13.3 Å². The molecule has 0 atom stereocenters. The van der Waals surface area contributed by atoms with Gasteiger partial charge in [0, 0.05) is 43.4 Å². The van der Waals surface area contributed by atoms with E-state index in [4.69, 9.17) is 0 Å². The van der Waals surface area contributed by atoms with Gasteiger partial charge in [-0.1, -0.05) is 0 Å². The third-order valence-corrected chi connectivity index (χ3v) is 2.25. The average Bonchev–Trinajstić information content (AvgIpc) is 2.74. The number of pyridine rings is 1. The molecule has 0 aliphatic carbocycles. The molecule has 2 aromatic rings. The molecule has 4 heteroatoms. The number of rotatable bonds is 4. The van der Waals surface area contributed by atoms with Gasteiger partial charge in [-0.15, -0.1) is 0 Å². The minimum absolute atomic E-state index is 0.873. The van der Waals surface area contributed by atoms with Crippen molar-refractivity contribution in [2.75, 3.05) is 11.9 Å². The smallest absolute Gasteiger partial charge is 0.107 e. The third-order valence-electron chi connectivity index (χ3n) is 2.25. The van der Waals surface area contributed by atoms with E-state index < -0.39 is 0 Å². The first-order valence-corrected chi connectivity index (χ1v) is 4.99. The lowest BCUT2D eigenvalue weighted by atomic mass is 10.2. The van der Waals surface area contributed by atoms with Gasteiger partial charge >= 0.3 is 0 Å². The Bertz CT molecular complexity index is 408. The normalized spacial score (nSPS) is 10.2. The van der Waals surface area contributed by atoms with E-state index in [1.807, 2.05) is 25.4 Å². The van der Waals surface area contributed by atoms with Gasteiger partial charge in [0.1, 0.15) is 5.82 Å². The summed E-state index contributed by atoms with van der Waals surface area (Å²) >= 11 is 0. The van der Waals surface area contributed by atoms with Crippen LogP contribution in [-0.4, -0.2) is 21.5 Å². The van der Waals surface area contributed by atoms with Gasteiger partial charge in [-0.05, 0) is 18.6 Å². The molecule has 0 saturated carbocycles. The molecule has 0 bridgehead atoms. The fourth-order valence-electron chi connectivity index (χ4n) is 1.42. The molecule has 2 heterocycles. The number of aromatic nitrogens is 3. The molecule has 2 aromatic heterocycles. The molecular formula is C11H14N4. The molecule has 2 N–H and O–H groups in total. The highest BCUT2D eigenvalue weighted by Gasteiger charge is 1.97. The molecule has 0 aliphatic rings. The van der Waals surface area contributed by atoms with Crippen molar-refractivity contribution in [3.8, 4) is 0 Å². The van der Waals surface area contributed by atoms with Gasteiger partial charge in [0.05, 0.1) is 0 Å². The van der Waals surface area contributed by atoms with Crippen molar-refractivity contribution >= 4 is 5.69 Å². The second-order valence-electron chi connectivity index (χ2n) is 3.40. The first-order chi connectivity index (χ1) is 7.36. The molecule has 0 radical (unpaired) electrons. The second-order valence-corrected chi connectivity index (χ2v) is 3.40. The Hall–Kier alpha value is -1.84. The van der Waals surface area contributed by atoms with Crippen molar-refractivity contribution in [3.63, 3.8) is 0 Å². The highest BCUT2D eigenvalue weighted by atomic mass is 14.9. The van der Waals surface area contributed by atoms with Gasteiger partial charge in [-0.2, -0.15) is 0 Å². The molecule has 78 valence electrons. The standard InChI is InChI=1S/C11H14N4/c1-9-8-12-4-2-10(9)13-5-3-11-14-6-7-15-11/h2,4,6-8H,3,5H2,1H3,(H,12,13)(H,14,15). The van der Waals surface area contributed by atoms with E-state index in [0.717, 1.165) is 30.0 Å². The first kappa shape index (κ1) is 9.71. The van der Waals surface area contributed by atoms with Crippen molar-refractivity contribution in [1.29, 1.82) is 0 Å². The van der Waals surface area contributed by atoms with E-state index in [-0.39, 0.29) is 0 Å². The molecule has 0 unspecified atom stereocenters. The lowest BCUT2D eigenvalue weighted by molar-refractivity contribution is 0.925. The van der Waals surface area contributed by atoms with Crippen molar-refractivity contribution in [2.24, 2.45) is 0 Å². The maximum atomic E-state index is 4.16. The number of aromatic amines is 1. The summed E-state index contributed by atoms with van der Waals surface area (Å²) in [5.41, 5.74) is 2.30. The quantitative estimate of drug-likeness (QED) is 0.794. The maximum absolute atomic E-state index is 4.16. The lowest BCUT2D eigenvalue weighted by Crippen LogP contribution is -2.07. The lowest BCUT2D eigenvalue weighted by Gasteiger charge is -2.07. The molecule has 2 rings (SSSR count). The Kier molecular flexibility index (Phi) is 2.97. The number of anilines is 1. The number of imidazole rings is 1. The molecule has 0 fully saturated rings. The van der Waals surface area contributed by atoms with Crippen molar-refractivity contribution < 1.29 is 0 Å². The third kappa shape index (κ3) is 2.56. The first-order valence-electron chi connectivity index (χ1n) is 4.99. The highest BCUT2D eigenvalue weighted by Crippen LogP contribution is 2.10. The van der Waals surface area contributed by atoms with Crippen LogP contribution < -0.4 is 5.32 Å². The van der Waals surface area contributed by atoms with E-state index in [1.165, 1.54) is 0 Å².